The number of carbonyl (C=O) groups is 1. The molecule has 4 rings (SSSR count). The van der Waals surface area contributed by atoms with Crippen molar-refractivity contribution in [1.29, 1.82) is 0 Å². The molecule has 0 bridgehead atoms. The molecule has 0 aliphatic carbocycles. The number of rotatable bonds is 7. The zero-order valence-electron chi connectivity index (χ0n) is 17.3. The van der Waals surface area contributed by atoms with E-state index in [0.717, 1.165) is 24.4 Å². The molecule has 1 N–H and O–H groups in total. The van der Waals surface area contributed by atoms with Crippen LogP contribution in [0.4, 0.5) is 0 Å². The SMILES string of the molecule is COc1cc(/C=C/C(=O)NCC(c2ccco2)N2CCCCC2)cc2c1OCCO2. The van der Waals surface area contributed by atoms with Crippen LogP contribution >= 0.6 is 0 Å². The summed E-state index contributed by atoms with van der Waals surface area (Å²) in [4.78, 5) is 14.9. The number of hydrogen-bond acceptors (Lipinski definition) is 6. The smallest absolute Gasteiger partial charge is 0.244 e. The highest BCUT2D eigenvalue weighted by Gasteiger charge is 2.24. The topological polar surface area (TPSA) is 73.2 Å². The highest BCUT2D eigenvalue weighted by Crippen LogP contribution is 2.40. The fourth-order valence-electron chi connectivity index (χ4n) is 3.94. The van der Waals surface area contributed by atoms with Crippen molar-refractivity contribution < 1.29 is 23.4 Å². The Morgan fingerprint density at radius 1 is 1.23 bits per heavy atom. The highest BCUT2D eigenvalue weighted by molar-refractivity contribution is 5.92. The summed E-state index contributed by atoms with van der Waals surface area (Å²) in [5.74, 6) is 2.56. The number of likely N-dealkylation sites (tertiary alicyclic amines) is 1. The van der Waals surface area contributed by atoms with E-state index in [1.54, 1.807) is 19.4 Å². The number of methoxy groups -OCH3 is 1. The van der Waals surface area contributed by atoms with Crippen molar-refractivity contribution >= 4 is 12.0 Å². The summed E-state index contributed by atoms with van der Waals surface area (Å²) < 4.78 is 22.3. The standard InChI is InChI=1S/C23H28N2O5/c1-27-20-14-17(15-21-23(20)30-13-12-29-21)7-8-22(26)24-16-18(19-6-5-11-28-19)25-9-3-2-4-10-25/h5-8,11,14-15,18H,2-4,9-10,12-13,16H2,1H3,(H,24,26)/b8-7+. The molecule has 1 aromatic heterocycles. The number of ether oxygens (including phenoxy) is 3. The molecule has 7 heteroatoms. The van der Waals surface area contributed by atoms with Crippen LogP contribution in [0.1, 0.15) is 36.6 Å². The molecule has 30 heavy (non-hydrogen) atoms. The Labute approximate surface area is 176 Å². The second-order valence-corrected chi connectivity index (χ2v) is 7.45. The zero-order valence-corrected chi connectivity index (χ0v) is 17.3. The second-order valence-electron chi connectivity index (χ2n) is 7.45. The molecule has 0 radical (unpaired) electrons. The number of amides is 1. The molecule has 1 unspecified atom stereocenters. The quantitative estimate of drug-likeness (QED) is 0.703. The predicted molar refractivity (Wildman–Crippen MR) is 113 cm³/mol. The van der Waals surface area contributed by atoms with Crippen LogP contribution in [-0.2, 0) is 4.79 Å². The van der Waals surface area contributed by atoms with Crippen molar-refractivity contribution in [2.45, 2.75) is 25.3 Å². The lowest BCUT2D eigenvalue weighted by Crippen LogP contribution is -2.40. The number of fused-ring (bicyclic) bond motifs is 1. The number of benzene rings is 1. The van der Waals surface area contributed by atoms with Crippen LogP contribution in [0.5, 0.6) is 17.2 Å². The van der Waals surface area contributed by atoms with Gasteiger partial charge in [0.05, 0.1) is 19.4 Å². The number of nitrogens with zero attached hydrogens (tertiary/aromatic N) is 1. The van der Waals surface area contributed by atoms with Crippen LogP contribution in [0.25, 0.3) is 6.08 Å². The van der Waals surface area contributed by atoms with Crippen molar-refractivity contribution in [3.63, 3.8) is 0 Å². The molecule has 1 aromatic carbocycles. The van der Waals surface area contributed by atoms with Gasteiger partial charge in [-0.1, -0.05) is 6.42 Å². The Kier molecular flexibility index (Phi) is 6.59. The summed E-state index contributed by atoms with van der Waals surface area (Å²) in [7, 11) is 1.59. The fourth-order valence-corrected chi connectivity index (χ4v) is 3.94. The van der Waals surface area contributed by atoms with E-state index in [-0.39, 0.29) is 11.9 Å². The Morgan fingerprint density at radius 2 is 2.07 bits per heavy atom. The van der Waals surface area contributed by atoms with Gasteiger partial charge in [-0.05, 0) is 61.8 Å². The molecule has 0 spiro atoms. The minimum atomic E-state index is -0.155. The minimum Gasteiger partial charge on any atom is -0.493 e. The number of hydrogen-bond donors (Lipinski definition) is 1. The van der Waals surface area contributed by atoms with E-state index in [0.29, 0.717) is 37.0 Å². The summed E-state index contributed by atoms with van der Waals surface area (Å²) >= 11 is 0. The Bertz CT molecular complexity index is 855. The molecule has 7 nitrogen and oxygen atoms in total. The van der Waals surface area contributed by atoms with Gasteiger partial charge in [-0.2, -0.15) is 0 Å². The Balaban J connectivity index is 1.40. The number of nitrogens with one attached hydrogen (secondary N) is 1. The molecule has 1 saturated heterocycles. The van der Waals surface area contributed by atoms with Gasteiger partial charge in [0.2, 0.25) is 11.7 Å². The maximum atomic E-state index is 12.5. The molecule has 1 amide bonds. The van der Waals surface area contributed by atoms with E-state index >= 15 is 0 Å². The van der Waals surface area contributed by atoms with Gasteiger partial charge in [0.1, 0.15) is 19.0 Å². The molecule has 1 atom stereocenters. The maximum Gasteiger partial charge on any atom is 0.244 e. The zero-order chi connectivity index (χ0) is 20.8. The highest BCUT2D eigenvalue weighted by atomic mass is 16.6. The van der Waals surface area contributed by atoms with E-state index in [1.807, 2.05) is 24.3 Å². The van der Waals surface area contributed by atoms with Crippen LogP contribution in [0.3, 0.4) is 0 Å². The lowest BCUT2D eigenvalue weighted by atomic mass is 10.1. The van der Waals surface area contributed by atoms with E-state index in [4.69, 9.17) is 18.6 Å². The number of piperidine rings is 1. The van der Waals surface area contributed by atoms with Crippen molar-refractivity contribution in [2.24, 2.45) is 0 Å². The van der Waals surface area contributed by atoms with Crippen molar-refractivity contribution in [1.82, 2.24) is 10.2 Å². The van der Waals surface area contributed by atoms with Gasteiger partial charge in [0, 0.05) is 12.6 Å². The first kappa shape index (κ1) is 20.3. The normalized spacial score (nSPS) is 17.6. The van der Waals surface area contributed by atoms with Gasteiger partial charge in [0.15, 0.2) is 11.5 Å². The van der Waals surface area contributed by atoms with Gasteiger partial charge in [0.25, 0.3) is 0 Å². The average Bonchev–Trinajstić information content (AvgIpc) is 3.32. The van der Waals surface area contributed by atoms with Gasteiger partial charge in [-0.25, -0.2) is 0 Å². The Hall–Kier alpha value is -2.93. The van der Waals surface area contributed by atoms with E-state index in [9.17, 15) is 4.79 Å². The van der Waals surface area contributed by atoms with Gasteiger partial charge < -0.3 is 23.9 Å². The minimum absolute atomic E-state index is 0.0482. The third kappa shape index (κ3) is 4.79. The second kappa shape index (κ2) is 9.71. The molecule has 2 aliphatic heterocycles. The maximum absolute atomic E-state index is 12.5. The first-order valence-corrected chi connectivity index (χ1v) is 10.5. The molecule has 2 aliphatic rings. The van der Waals surface area contributed by atoms with E-state index in [2.05, 4.69) is 10.2 Å². The van der Waals surface area contributed by atoms with Gasteiger partial charge in [-0.3, -0.25) is 9.69 Å². The summed E-state index contributed by atoms with van der Waals surface area (Å²) in [6, 6.07) is 7.59. The van der Waals surface area contributed by atoms with Crippen molar-refractivity contribution in [3.05, 3.63) is 47.9 Å². The van der Waals surface area contributed by atoms with Crippen molar-refractivity contribution in [3.8, 4) is 17.2 Å². The van der Waals surface area contributed by atoms with Crippen LogP contribution in [0, 0.1) is 0 Å². The van der Waals surface area contributed by atoms with E-state index < -0.39 is 0 Å². The molecule has 1 fully saturated rings. The third-order valence-electron chi connectivity index (χ3n) is 5.45. The molecular formula is C23H28N2O5. The lowest BCUT2D eigenvalue weighted by molar-refractivity contribution is -0.116. The van der Waals surface area contributed by atoms with Crippen LogP contribution in [0.2, 0.25) is 0 Å². The van der Waals surface area contributed by atoms with Crippen LogP contribution in [0.15, 0.2) is 41.0 Å². The largest absolute Gasteiger partial charge is 0.493 e. The molecule has 0 saturated carbocycles. The fraction of sp³-hybridized carbons (Fsp3) is 0.435. The summed E-state index contributed by atoms with van der Waals surface area (Å²) in [6.07, 6.45) is 8.58. The number of carbonyl (C=O) groups excluding carboxylic acids is 1. The Morgan fingerprint density at radius 3 is 2.83 bits per heavy atom. The summed E-state index contributed by atoms with van der Waals surface area (Å²) in [5, 5.41) is 3.01. The van der Waals surface area contributed by atoms with Gasteiger partial charge in [-0.15, -0.1) is 0 Å². The summed E-state index contributed by atoms with van der Waals surface area (Å²) in [6.45, 7) is 3.53. The molecule has 160 valence electrons. The predicted octanol–water partition coefficient (Wildman–Crippen LogP) is 3.42. The molecule has 3 heterocycles. The first-order valence-electron chi connectivity index (χ1n) is 10.5. The van der Waals surface area contributed by atoms with E-state index in [1.165, 1.54) is 25.3 Å². The monoisotopic (exact) mass is 412 g/mol. The van der Waals surface area contributed by atoms with Crippen molar-refractivity contribution in [2.75, 3.05) is 40.0 Å². The first-order chi connectivity index (χ1) is 14.7. The molecule has 2 aromatic rings. The van der Waals surface area contributed by atoms with Crippen LogP contribution in [-0.4, -0.2) is 50.8 Å². The lowest BCUT2D eigenvalue weighted by Gasteiger charge is -2.33. The molecular weight excluding hydrogens is 384 g/mol. The number of furan rings is 1. The van der Waals surface area contributed by atoms with Gasteiger partial charge >= 0.3 is 0 Å². The average molecular weight is 412 g/mol. The van der Waals surface area contributed by atoms with Crippen LogP contribution < -0.4 is 19.5 Å². The summed E-state index contributed by atoms with van der Waals surface area (Å²) in [5.41, 5.74) is 0.810. The third-order valence-corrected chi connectivity index (χ3v) is 5.45.